The lowest BCUT2D eigenvalue weighted by atomic mass is 10.1. The summed E-state index contributed by atoms with van der Waals surface area (Å²) >= 11 is 0. The summed E-state index contributed by atoms with van der Waals surface area (Å²) in [6.45, 7) is 7.19. The third-order valence-corrected chi connectivity index (χ3v) is 2.79. The summed E-state index contributed by atoms with van der Waals surface area (Å²) in [5, 5.41) is 0. The van der Waals surface area contributed by atoms with E-state index in [0.29, 0.717) is 0 Å². The molecule has 0 bridgehead atoms. The van der Waals surface area contributed by atoms with Gasteiger partial charge in [-0.15, -0.1) is 0 Å². The standard InChI is InChI=1S/C14H18N2/c1-11-5-4-6-14(9-11)10-15-16-12(2)7-8-13(16)3/h4-9,15H,10H2,1-3H3. The van der Waals surface area contributed by atoms with Crippen LogP contribution in [-0.4, -0.2) is 4.68 Å². The van der Waals surface area contributed by atoms with Gasteiger partial charge in [0.05, 0.1) is 6.54 Å². The highest BCUT2D eigenvalue weighted by atomic mass is 15.4. The van der Waals surface area contributed by atoms with E-state index in [4.69, 9.17) is 0 Å². The maximum absolute atomic E-state index is 3.42. The quantitative estimate of drug-likeness (QED) is 0.830. The van der Waals surface area contributed by atoms with Crippen molar-refractivity contribution in [2.24, 2.45) is 0 Å². The first kappa shape index (κ1) is 10.8. The Balaban J connectivity index is 2.08. The van der Waals surface area contributed by atoms with Crippen LogP contribution < -0.4 is 5.43 Å². The molecule has 0 atom stereocenters. The van der Waals surface area contributed by atoms with Crippen molar-refractivity contribution in [3.63, 3.8) is 0 Å². The zero-order valence-electron chi connectivity index (χ0n) is 10.1. The Labute approximate surface area is 96.9 Å². The van der Waals surface area contributed by atoms with Crippen LogP contribution in [0.15, 0.2) is 36.4 Å². The molecule has 1 aromatic carbocycles. The Morgan fingerprint density at radius 1 is 1.00 bits per heavy atom. The van der Waals surface area contributed by atoms with Gasteiger partial charge in [0.1, 0.15) is 0 Å². The van der Waals surface area contributed by atoms with Crippen molar-refractivity contribution in [2.45, 2.75) is 27.3 Å². The number of hydrogen-bond acceptors (Lipinski definition) is 1. The number of benzene rings is 1. The van der Waals surface area contributed by atoms with Crippen molar-refractivity contribution < 1.29 is 0 Å². The Morgan fingerprint density at radius 2 is 1.69 bits per heavy atom. The molecule has 0 unspecified atom stereocenters. The number of rotatable bonds is 3. The Bertz CT molecular complexity index is 464. The van der Waals surface area contributed by atoms with E-state index < -0.39 is 0 Å². The summed E-state index contributed by atoms with van der Waals surface area (Å²) in [7, 11) is 0. The van der Waals surface area contributed by atoms with E-state index in [2.05, 4.69) is 67.3 Å². The summed E-state index contributed by atoms with van der Waals surface area (Å²) in [5.41, 5.74) is 8.52. The van der Waals surface area contributed by atoms with Crippen molar-refractivity contribution in [3.05, 3.63) is 58.9 Å². The smallest absolute Gasteiger partial charge is 0.0564 e. The van der Waals surface area contributed by atoms with Crippen LogP contribution >= 0.6 is 0 Å². The van der Waals surface area contributed by atoms with Crippen molar-refractivity contribution in [1.29, 1.82) is 0 Å². The lowest BCUT2D eigenvalue weighted by Gasteiger charge is -2.12. The molecule has 2 rings (SSSR count). The SMILES string of the molecule is Cc1cccc(CNn2c(C)ccc2C)c1. The molecule has 0 saturated carbocycles. The van der Waals surface area contributed by atoms with Crippen LogP contribution in [0.2, 0.25) is 0 Å². The summed E-state index contributed by atoms with van der Waals surface area (Å²) in [5.74, 6) is 0. The van der Waals surface area contributed by atoms with Gasteiger partial charge in [0.2, 0.25) is 0 Å². The zero-order chi connectivity index (χ0) is 11.5. The van der Waals surface area contributed by atoms with E-state index in [1.54, 1.807) is 0 Å². The molecule has 84 valence electrons. The van der Waals surface area contributed by atoms with Crippen molar-refractivity contribution in [3.8, 4) is 0 Å². The zero-order valence-corrected chi connectivity index (χ0v) is 10.1. The fraction of sp³-hybridized carbons (Fsp3) is 0.286. The van der Waals surface area contributed by atoms with E-state index in [-0.39, 0.29) is 0 Å². The van der Waals surface area contributed by atoms with E-state index in [9.17, 15) is 0 Å². The van der Waals surface area contributed by atoms with Gasteiger partial charge in [-0.05, 0) is 38.5 Å². The fourth-order valence-electron chi connectivity index (χ4n) is 1.91. The van der Waals surface area contributed by atoms with Crippen LogP contribution in [0, 0.1) is 20.8 Å². The highest BCUT2D eigenvalue weighted by Crippen LogP contribution is 2.07. The molecule has 0 aliphatic heterocycles. The van der Waals surface area contributed by atoms with Gasteiger partial charge in [0.15, 0.2) is 0 Å². The Kier molecular flexibility index (Phi) is 3.00. The summed E-state index contributed by atoms with van der Waals surface area (Å²) in [6.07, 6.45) is 0. The third kappa shape index (κ3) is 2.27. The number of aromatic nitrogens is 1. The third-order valence-electron chi connectivity index (χ3n) is 2.79. The molecule has 0 aliphatic carbocycles. The highest BCUT2D eigenvalue weighted by molar-refractivity contribution is 5.24. The van der Waals surface area contributed by atoms with Gasteiger partial charge in [0.25, 0.3) is 0 Å². The average molecular weight is 214 g/mol. The second kappa shape index (κ2) is 4.44. The molecule has 1 N–H and O–H groups in total. The molecule has 2 heteroatoms. The van der Waals surface area contributed by atoms with Crippen molar-refractivity contribution in [1.82, 2.24) is 4.68 Å². The molecule has 1 heterocycles. The van der Waals surface area contributed by atoms with Crippen molar-refractivity contribution >= 4 is 0 Å². The molecule has 2 nitrogen and oxygen atoms in total. The van der Waals surface area contributed by atoms with Crippen LogP contribution in [0.1, 0.15) is 22.5 Å². The monoisotopic (exact) mass is 214 g/mol. The first-order valence-corrected chi connectivity index (χ1v) is 5.61. The van der Waals surface area contributed by atoms with E-state index >= 15 is 0 Å². The molecule has 0 fully saturated rings. The second-order valence-corrected chi connectivity index (χ2v) is 4.28. The Morgan fingerprint density at radius 3 is 2.31 bits per heavy atom. The molecule has 2 aromatic rings. The minimum absolute atomic E-state index is 0.859. The largest absolute Gasteiger partial charge is 0.322 e. The number of nitrogens with zero attached hydrogens (tertiary/aromatic N) is 1. The first-order valence-electron chi connectivity index (χ1n) is 5.61. The van der Waals surface area contributed by atoms with Gasteiger partial charge in [-0.25, -0.2) is 0 Å². The fourth-order valence-corrected chi connectivity index (χ4v) is 1.91. The molecule has 1 aromatic heterocycles. The highest BCUT2D eigenvalue weighted by Gasteiger charge is 1.99. The first-order chi connectivity index (χ1) is 7.66. The maximum atomic E-state index is 3.42. The molecule has 0 aliphatic rings. The molecule has 0 amide bonds. The van der Waals surface area contributed by atoms with Crippen LogP contribution in [0.25, 0.3) is 0 Å². The summed E-state index contributed by atoms with van der Waals surface area (Å²) in [4.78, 5) is 0. The maximum Gasteiger partial charge on any atom is 0.0564 e. The van der Waals surface area contributed by atoms with Crippen LogP contribution in [0.5, 0.6) is 0 Å². The molecule has 16 heavy (non-hydrogen) atoms. The van der Waals surface area contributed by atoms with E-state index in [0.717, 1.165) is 6.54 Å². The normalized spacial score (nSPS) is 10.4. The Hall–Kier alpha value is -1.70. The van der Waals surface area contributed by atoms with Gasteiger partial charge in [-0.3, -0.25) is 4.68 Å². The van der Waals surface area contributed by atoms with Gasteiger partial charge in [-0.2, -0.15) is 0 Å². The molecule has 0 saturated heterocycles. The van der Waals surface area contributed by atoms with Gasteiger partial charge >= 0.3 is 0 Å². The average Bonchev–Trinajstić information content (AvgIpc) is 2.56. The van der Waals surface area contributed by atoms with E-state index in [1.807, 2.05) is 0 Å². The minimum atomic E-state index is 0.859. The molecular formula is C14H18N2. The predicted molar refractivity (Wildman–Crippen MR) is 68.1 cm³/mol. The molecular weight excluding hydrogens is 196 g/mol. The summed E-state index contributed by atoms with van der Waals surface area (Å²) in [6, 6.07) is 12.8. The second-order valence-electron chi connectivity index (χ2n) is 4.28. The van der Waals surface area contributed by atoms with Crippen LogP contribution in [0.3, 0.4) is 0 Å². The summed E-state index contributed by atoms with van der Waals surface area (Å²) < 4.78 is 2.13. The number of nitrogens with one attached hydrogen (secondary N) is 1. The van der Waals surface area contributed by atoms with E-state index in [1.165, 1.54) is 22.5 Å². The lowest BCUT2D eigenvalue weighted by Crippen LogP contribution is -2.16. The lowest BCUT2D eigenvalue weighted by molar-refractivity contribution is 0.792. The van der Waals surface area contributed by atoms with Crippen molar-refractivity contribution in [2.75, 3.05) is 5.43 Å². The van der Waals surface area contributed by atoms with Crippen LogP contribution in [-0.2, 0) is 6.54 Å². The topological polar surface area (TPSA) is 17.0 Å². The van der Waals surface area contributed by atoms with Crippen LogP contribution in [0.4, 0.5) is 0 Å². The molecule has 0 spiro atoms. The molecule has 0 radical (unpaired) electrons. The number of hydrogen-bond donors (Lipinski definition) is 1. The van der Waals surface area contributed by atoms with Gasteiger partial charge < -0.3 is 5.43 Å². The predicted octanol–water partition coefficient (Wildman–Crippen LogP) is 3.16. The van der Waals surface area contributed by atoms with Gasteiger partial charge in [0, 0.05) is 11.4 Å². The van der Waals surface area contributed by atoms with Gasteiger partial charge in [-0.1, -0.05) is 29.8 Å². The minimum Gasteiger partial charge on any atom is -0.322 e. The number of aryl methyl sites for hydroxylation is 3.